The largest absolute Gasteiger partial charge is 0.354 e. The van der Waals surface area contributed by atoms with Crippen molar-refractivity contribution >= 4 is 23.4 Å². The van der Waals surface area contributed by atoms with Crippen molar-refractivity contribution in [1.29, 1.82) is 0 Å². The Morgan fingerprint density at radius 1 is 1.24 bits per heavy atom. The third-order valence-electron chi connectivity index (χ3n) is 5.13. The molecule has 0 saturated carbocycles. The molecule has 2 fully saturated rings. The Hall–Kier alpha value is -1.59. The summed E-state index contributed by atoms with van der Waals surface area (Å²) in [4.78, 5) is 26.6. The summed E-state index contributed by atoms with van der Waals surface area (Å²) in [5.41, 5.74) is 1.13. The molecule has 1 aromatic carbocycles. The maximum absolute atomic E-state index is 12.4. The molecule has 6 heteroatoms. The second kappa shape index (κ2) is 8.68. The number of carbonyl (C=O) groups excluding carboxylic acids is 2. The van der Waals surface area contributed by atoms with Crippen molar-refractivity contribution in [2.75, 3.05) is 19.6 Å². The van der Waals surface area contributed by atoms with Gasteiger partial charge >= 0.3 is 0 Å². The highest BCUT2D eigenvalue weighted by molar-refractivity contribution is 6.31. The van der Waals surface area contributed by atoms with Gasteiger partial charge in [-0.15, -0.1) is 0 Å². The fourth-order valence-electron chi connectivity index (χ4n) is 3.75. The van der Waals surface area contributed by atoms with Gasteiger partial charge in [0.1, 0.15) is 6.04 Å². The van der Waals surface area contributed by atoms with Crippen molar-refractivity contribution < 1.29 is 9.59 Å². The van der Waals surface area contributed by atoms with Crippen LogP contribution in [0.2, 0.25) is 5.02 Å². The topological polar surface area (TPSA) is 61.4 Å². The van der Waals surface area contributed by atoms with E-state index in [4.69, 9.17) is 11.6 Å². The standard InChI is InChI=1S/C19H26ClN3O2/c20-16-8-2-1-6-14(16)12-15-7-5-11-23(15)13-18(24)22-17-9-3-4-10-21-19(17)25/h1-2,6,8,15,17H,3-5,7,9-13H2,(H,21,25)(H,22,24)/t15-,17-/m1/s1. The molecule has 0 spiro atoms. The number of nitrogens with one attached hydrogen (secondary N) is 2. The first-order chi connectivity index (χ1) is 12.1. The average Bonchev–Trinajstić information content (AvgIpc) is 2.91. The summed E-state index contributed by atoms with van der Waals surface area (Å²) in [5.74, 6) is -0.118. The van der Waals surface area contributed by atoms with Crippen molar-refractivity contribution in [3.05, 3.63) is 34.9 Å². The van der Waals surface area contributed by atoms with Crippen LogP contribution in [-0.4, -0.2) is 48.4 Å². The Morgan fingerprint density at radius 2 is 2.08 bits per heavy atom. The molecule has 2 aliphatic heterocycles. The Morgan fingerprint density at radius 3 is 2.92 bits per heavy atom. The van der Waals surface area contributed by atoms with Gasteiger partial charge in [0.25, 0.3) is 0 Å². The number of amides is 2. The van der Waals surface area contributed by atoms with Crippen LogP contribution in [0.1, 0.15) is 37.7 Å². The molecular formula is C19H26ClN3O2. The zero-order valence-corrected chi connectivity index (χ0v) is 15.2. The van der Waals surface area contributed by atoms with Gasteiger partial charge < -0.3 is 10.6 Å². The molecule has 3 rings (SSSR count). The van der Waals surface area contributed by atoms with Crippen molar-refractivity contribution in [3.63, 3.8) is 0 Å². The summed E-state index contributed by atoms with van der Waals surface area (Å²) in [7, 11) is 0. The van der Waals surface area contributed by atoms with Gasteiger partial charge in [0.2, 0.25) is 11.8 Å². The molecule has 0 unspecified atom stereocenters. The van der Waals surface area contributed by atoms with Gasteiger partial charge in [0, 0.05) is 17.6 Å². The summed E-state index contributed by atoms with van der Waals surface area (Å²) in [5, 5.41) is 6.56. The first-order valence-corrected chi connectivity index (χ1v) is 9.56. The van der Waals surface area contributed by atoms with Crippen LogP contribution >= 0.6 is 11.6 Å². The highest BCUT2D eigenvalue weighted by Gasteiger charge is 2.28. The van der Waals surface area contributed by atoms with Crippen LogP contribution in [-0.2, 0) is 16.0 Å². The third kappa shape index (κ3) is 4.95. The predicted molar refractivity (Wildman–Crippen MR) is 98.5 cm³/mol. The van der Waals surface area contributed by atoms with Crippen LogP contribution in [0.3, 0.4) is 0 Å². The van der Waals surface area contributed by atoms with Gasteiger partial charge in [-0.3, -0.25) is 14.5 Å². The summed E-state index contributed by atoms with van der Waals surface area (Å²) in [6.45, 7) is 1.97. The van der Waals surface area contributed by atoms with Crippen LogP contribution in [0.5, 0.6) is 0 Å². The van der Waals surface area contributed by atoms with E-state index in [-0.39, 0.29) is 17.9 Å². The van der Waals surface area contributed by atoms with E-state index in [9.17, 15) is 9.59 Å². The smallest absolute Gasteiger partial charge is 0.242 e. The van der Waals surface area contributed by atoms with Crippen LogP contribution < -0.4 is 10.6 Å². The van der Waals surface area contributed by atoms with Crippen LogP contribution in [0.4, 0.5) is 0 Å². The fraction of sp³-hybridized carbons (Fsp3) is 0.579. The molecule has 0 aromatic heterocycles. The van der Waals surface area contributed by atoms with Crippen LogP contribution in [0, 0.1) is 0 Å². The van der Waals surface area contributed by atoms with Crippen molar-refractivity contribution in [1.82, 2.24) is 15.5 Å². The monoisotopic (exact) mass is 363 g/mol. The molecule has 0 radical (unpaired) electrons. The summed E-state index contributed by atoms with van der Waals surface area (Å²) in [6, 6.07) is 7.83. The summed E-state index contributed by atoms with van der Waals surface area (Å²) in [6.07, 6.45) is 5.68. The third-order valence-corrected chi connectivity index (χ3v) is 5.50. The minimum absolute atomic E-state index is 0.0557. The van der Waals surface area contributed by atoms with E-state index >= 15 is 0 Å². The second-order valence-electron chi connectivity index (χ2n) is 6.97. The lowest BCUT2D eigenvalue weighted by atomic mass is 10.0. The number of hydrogen-bond acceptors (Lipinski definition) is 3. The quantitative estimate of drug-likeness (QED) is 0.842. The molecule has 2 heterocycles. The Kier molecular flexibility index (Phi) is 6.32. The average molecular weight is 364 g/mol. The van der Waals surface area contributed by atoms with Crippen molar-refractivity contribution in [2.45, 2.75) is 50.6 Å². The second-order valence-corrected chi connectivity index (χ2v) is 7.38. The number of nitrogens with zero attached hydrogens (tertiary/aromatic N) is 1. The zero-order valence-electron chi connectivity index (χ0n) is 14.5. The maximum atomic E-state index is 12.4. The lowest BCUT2D eigenvalue weighted by molar-refractivity contribution is -0.129. The summed E-state index contributed by atoms with van der Waals surface area (Å²) < 4.78 is 0. The number of rotatable bonds is 5. The zero-order chi connectivity index (χ0) is 17.6. The first kappa shape index (κ1) is 18.2. The normalized spacial score (nSPS) is 24.6. The predicted octanol–water partition coefficient (Wildman–Crippen LogP) is 2.13. The SMILES string of the molecule is O=C(CN1CCC[C@@H]1Cc1ccccc1Cl)N[C@@H]1CCCCNC1=O. The molecule has 0 aliphatic carbocycles. The number of halogens is 1. The first-order valence-electron chi connectivity index (χ1n) is 9.18. The van der Waals surface area contributed by atoms with Crippen LogP contribution in [0.25, 0.3) is 0 Å². The Balaban J connectivity index is 1.54. The minimum atomic E-state index is -0.389. The number of carbonyl (C=O) groups is 2. The van der Waals surface area contributed by atoms with E-state index < -0.39 is 0 Å². The highest BCUT2D eigenvalue weighted by Crippen LogP contribution is 2.24. The van der Waals surface area contributed by atoms with Gasteiger partial charge in [-0.25, -0.2) is 0 Å². The number of hydrogen-bond donors (Lipinski definition) is 2. The van der Waals surface area contributed by atoms with E-state index in [1.165, 1.54) is 0 Å². The lowest BCUT2D eigenvalue weighted by Crippen LogP contribution is -2.49. The van der Waals surface area contributed by atoms with E-state index in [0.29, 0.717) is 19.1 Å². The van der Waals surface area contributed by atoms with E-state index in [1.54, 1.807) is 0 Å². The molecule has 0 bridgehead atoms. The Labute approximate surface area is 154 Å². The van der Waals surface area contributed by atoms with Gasteiger partial charge in [0.05, 0.1) is 6.54 Å². The maximum Gasteiger partial charge on any atom is 0.242 e. The highest BCUT2D eigenvalue weighted by atomic mass is 35.5. The Bertz CT molecular complexity index is 622. The van der Waals surface area contributed by atoms with Gasteiger partial charge in [-0.1, -0.05) is 29.8 Å². The molecule has 25 heavy (non-hydrogen) atoms. The van der Waals surface area contributed by atoms with E-state index in [2.05, 4.69) is 21.6 Å². The number of benzene rings is 1. The van der Waals surface area contributed by atoms with E-state index in [1.807, 2.05) is 18.2 Å². The fourth-order valence-corrected chi connectivity index (χ4v) is 3.97. The summed E-state index contributed by atoms with van der Waals surface area (Å²) >= 11 is 6.27. The lowest BCUT2D eigenvalue weighted by Gasteiger charge is -2.25. The number of likely N-dealkylation sites (tertiary alicyclic amines) is 1. The van der Waals surface area contributed by atoms with E-state index in [0.717, 1.165) is 55.7 Å². The molecule has 5 nitrogen and oxygen atoms in total. The molecule has 2 atom stereocenters. The molecule has 2 amide bonds. The minimum Gasteiger partial charge on any atom is -0.354 e. The van der Waals surface area contributed by atoms with Gasteiger partial charge in [-0.2, -0.15) is 0 Å². The molecule has 2 aliphatic rings. The van der Waals surface area contributed by atoms with Gasteiger partial charge in [-0.05, 0) is 56.7 Å². The molecule has 2 saturated heterocycles. The van der Waals surface area contributed by atoms with Crippen molar-refractivity contribution in [3.8, 4) is 0 Å². The molecular weight excluding hydrogens is 338 g/mol. The van der Waals surface area contributed by atoms with Gasteiger partial charge in [0.15, 0.2) is 0 Å². The molecule has 2 N–H and O–H groups in total. The molecule has 1 aromatic rings. The van der Waals surface area contributed by atoms with Crippen molar-refractivity contribution in [2.24, 2.45) is 0 Å². The van der Waals surface area contributed by atoms with Crippen LogP contribution in [0.15, 0.2) is 24.3 Å². The molecule has 136 valence electrons.